The molecular weight excluding hydrogens is 342 g/mol. The second-order valence-electron chi connectivity index (χ2n) is 6.42. The van der Waals surface area contributed by atoms with Gasteiger partial charge >= 0.3 is 6.03 Å². The van der Waals surface area contributed by atoms with Crippen LogP contribution in [-0.4, -0.2) is 51.7 Å². The Morgan fingerprint density at radius 1 is 1.36 bits per heavy atom. The van der Waals surface area contributed by atoms with Gasteiger partial charge in [0, 0.05) is 32.8 Å². The van der Waals surface area contributed by atoms with Crippen LogP contribution in [0, 0.1) is 0 Å². The number of rotatable bonds is 5. The van der Waals surface area contributed by atoms with Gasteiger partial charge in [0.05, 0.1) is 11.0 Å². The monoisotopic (exact) mass is 367 g/mol. The molecule has 1 atom stereocenters. The number of hydrogen-bond acceptors (Lipinski definition) is 4. The largest absolute Gasteiger partial charge is 0.377 e. The molecule has 25 heavy (non-hydrogen) atoms. The molecule has 0 saturated carbocycles. The first-order valence-corrected chi connectivity index (χ1v) is 10.2. The van der Waals surface area contributed by atoms with E-state index in [0.717, 1.165) is 30.4 Å². The van der Waals surface area contributed by atoms with Crippen molar-refractivity contribution in [2.75, 3.05) is 26.2 Å². The average Bonchev–Trinajstić information content (AvgIpc) is 3.13. The summed E-state index contributed by atoms with van der Waals surface area (Å²) >= 11 is 0. The number of urea groups is 1. The summed E-state index contributed by atoms with van der Waals surface area (Å²) in [5.74, 6) is 0. The van der Waals surface area contributed by atoms with Gasteiger partial charge in [-0.1, -0.05) is 6.07 Å². The zero-order chi connectivity index (χ0) is 17.9. The highest BCUT2D eigenvalue weighted by Crippen LogP contribution is 2.23. The molecule has 0 aliphatic carbocycles. The van der Waals surface area contributed by atoms with Gasteiger partial charge in [0.2, 0.25) is 10.0 Å². The molecule has 2 aliphatic rings. The lowest BCUT2D eigenvalue weighted by Crippen LogP contribution is -2.42. The first kappa shape index (κ1) is 18.2. The SMILES string of the molecule is CCNC(=O)N1CCc2ccc(S(=O)(=O)NCC3CCCO3)cc2C1. The lowest BCUT2D eigenvalue weighted by molar-refractivity contribution is 0.114. The van der Waals surface area contributed by atoms with Crippen LogP contribution in [-0.2, 0) is 27.7 Å². The third-order valence-corrected chi connectivity index (χ3v) is 6.06. The van der Waals surface area contributed by atoms with Gasteiger partial charge in [-0.15, -0.1) is 0 Å². The van der Waals surface area contributed by atoms with Crippen LogP contribution in [0.2, 0.25) is 0 Å². The zero-order valence-corrected chi connectivity index (χ0v) is 15.3. The van der Waals surface area contributed by atoms with E-state index in [1.165, 1.54) is 0 Å². The summed E-state index contributed by atoms with van der Waals surface area (Å²) in [4.78, 5) is 14.0. The molecule has 2 N–H and O–H groups in total. The van der Waals surface area contributed by atoms with Crippen molar-refractivity contribution in [2.45, 2.75) is 43.7 Å². The van der Waals surface area contributed by atoms with Crippen molar-refractivity contribution >= 4 is 16.1 Å². The van der Waals surface area contributed by atoms with E-state index in [1.54, 1.807) is 17.0 Å². The molecule has 1 fully saturated rings. The van der Waals surface area contributed by atoms with Crippen molar-refractivity contribution in [3.8, 4) is 0 Å². The van der Waals surface area contributed by atoms with Crippen molar-refractivity contribution < 1.29 is 17.9 Å². The number of sulfonamides is 1. The summed E-state index contributed by atoms with van der Waals surface area (Å²) in [6.07, 6.45) is 2.55. The summed E-state index contributed by atoms with van der Waals surface area (Å²) in [6, 6.07) is 5.06. The number of benzene rings is 1. The fraction of sp³-hybridized carbons (Fsp3) is 0.588. The van der Waals surface area contributed by atoms with Crippen LogP contribution in [0.25, 0.3) is 0 Å². The van der Waals surface area contributed by atoms with E-state index in [0.29, 0.717) is 32.8 Å². The molecule has 1 saturated heterocycles. The Kier molecular flexibility index (Phi) is 5.61. The third kappa shape index (κ3) is 4.31. The van der Waals surface area contributed by atoms with E-state index < -0.39 is 10.0 Å². The summed E-state index contributed by atoms with van der Waals surface area (Å²) in [7, 11) is -3.58. The summed E-state index contributed by atoms with van der Waals surface area (Å²) in [6.45, 7) is 4.51. The number of carbonyl (C=O) groups excluding carboxylic acids is 1. The predicted molar refractivity (Wildman–Crippen MR) is 93.8 cm³/mol. The minimum atomic E-state index is -3.58. The third-order valence-electron chi connectivity index (χ3n) is 4.64. The molecule has 2 amide bonds. The molecule has 3 rings (SSSR count). The molecule has 1 aromatic carbocycles. The molecule has 0 radical (unpaired) electrons. The number of nitrogens with one attached hydrogen (secondary N) is 2. The van der Waals surface area contributed by atoms with Crippen molar-refractivity contribution in [1.82, 2.24) is 14.9 Å². The molecule has 2 aliphatic heterocycles. The van der Waals surface area contributed by atoms with E-state index in [-0.39, 0.29) is 17.0 Å². The Labute approximate surface area is 148 Å². The van der Waals surface area contributed by atoms with E-state index >= 15 is 0 Å². The summed E-state index contributed by atoms with van der Waals surface area (Å²) in [5.41, 5.74) is 1.98. The molecule has 7 nitrogen and oxygen atoms in total. The minimum absolute atomic E-state index is 0.0411. The highest BCUT2D eigenvalue weighted by molar-refractivity contribution is 7.89. The lowest BCUT2D eigenvalue weighted by Gasteiger charge is -2.29. The molecule has 1 unspecified atom stereocenters. The molecule has 138 valence electrons. The number of nitrogens with zero attached hydrogens (tertiary/aromatic N) is 1. The van der Waals surface area contributed by atoms with Crippen molar-refractivity contribution in [3.05, 3.63) is 29.3 Å². The highest BCUT2D eigenvalue weighted by atomic mass is 32.2. The zero-order valence-electron chi connectivity index (χ0n) is 14.5. The normalized spacial score (nSPS) is 20.4. The number of hydrogen-bond donors (Lipinski definition) is 2. The fourth-order valence-electron chi connectivity index (χ4n) is 3.23. The Morgan fingerprint density at radius 2 is 2.20 bits per heavy atom. The van der Waals surface area contributed by atoms with Crippen LogP contribution in [0.5, 0.6) is 0 Å². The Hall–Kier alpha value is -1.64. The van der Waals surface area contributed by atoms with Crippen molar-refractivity contribution in [1.29, 1.82) is 0 Å². The maximum absolute atomic E-state index is 12.5. The van der Waals surface area contributed by atoms with Crippen LogP contribution in [0.4, 0.5) is 4.79 Å². The Morgan fingerprint density at radius 3 is 2.92 bits per heavy atom. The molecule has 0 aromatic heterocycles. The van der Waals surface area contributed by atoms with Gasteiger partial charge in [0.25, 0.3) is 0 Å². The topological polar surface area (TPSA) is 87.7 Å². The first-order chi connectivity index (χ1) is 12.0. The second kappa shape index (κ2) is 7.72. The molecular formula is C17H25N3O4S. The van der Waals surface area contributed by atoms with E-state index in [9.17, 15) is 13.2 Å². The van der Waals surface area contributed by atoms with Gasteiger partial charge in [-0.25, -0.2) is 17.9 Å². The number of ether oxygens (including phenoxy) is 1. The Balaban J connectivity index is 1.71. The quantitative estimate of drug-likeness (QED) is 0.819. The van der Waals surface area contributed by atoms with Gasteiger partial charge in [-0.3, -0.25) is 0 Å². The van der Waals surface area contributed by atoms with Gasteiger partial charge in [-0.05, 0) is 49.4 Å². The van der Waals surface area contributed by atoms with Crippen LogP contribution < -0.4 is 10.0 Å². The summed E-state index contributed by atoms with van der Waals surface area (Å²) in [5, 5.41) is 2.78. The first-order valence-electron chi connectivity index (χ1n) is 8.75. The standard InChI is InChI=1S/C17H25N3O4S/c1-2-18-17(21)20-8-7-13-5-6-16(10-14(13)12-20)25(22,23)19-11-15-4-3-9-24-15/h5-6,10,15,19H,2-4,7-9,11-12H2,1H3,(H,18,21). The second-order valence-corrected chi connectivity index (χ2v) is 8.19. The van der Waals surface area contributed by atoms with Crippen LogP contribution >= 0.6 is 0 Å². The van der Waals surface area contributed by atoms with E-state index in [1.807, 2.05) is 13.0 Å². The van der Waals surface area contributed by atoms with Gasteiger partial charge in [0.15, 0.2) is 0 Å². The number of amides is 2. The van der Waals surface area contributed by atoms with Crippen molar-refractivity contribution in [2.24, 2.45) is 0 Å². The molecule has 1 aromatic rings. The van der Waals surface area contributed by atoms with Crippen LogP contribution in [0.3, 0.4) is 0 Å². The number of carbonyl (C=O) groups is 1. The minimum Gasteiger partial charge on any atom is -0.377 e. The van der Waals surface area contributed by atoms with Gasteiger partial charge in [-0.2, -0.15) is 0 Å². The molecule has 8 heteroatoms. The van der Waals surface area contributed by atoms with Gasteiger partial charge in [0.1, 0.15) is 0 Å². The van der Waals surface area contributed by atoms with Gasteiger partial charge < -0.3 is 15.0 Å². The van der Waals surface area contributed by atoms with E-state index in [2.05, 4.69) is 10.0 Å². The fourth-order valence-corrected chi connectivity index (χ4v) is 4.34. The van der Waals surface area contributed by atoms with Crippen LogP contribution in [0.15, 0.2) is 23.1 Å². The summed E-state index contributed by atoms with van der Waals surface area (Å²) < 4.78 is 33.2. The lowest BCUT2D eigenvalue weighted by atomic mass is 10.0. The maximum atomic E-state index is 12.5. The molecule has 0 bridgehead atoms. The van der Waals surface area contributed by atoms with Crippen molar-refractivity contribution in [3.63, 3.8) is 0 Å². The smallest absolute Gasteiger partial charge is 0.317 e. The van der Waals surface area contributed by atoms with Crippen LogP contribution in [0.1, 0.15) is 30.9 Å². The highest BCUT2D eigenvalue weighted by Gasteiger charge is 2.24. The molecule has 0 spiro atoms. The molecule has 2 heterocycles. The maximum Gasteiger partial charge on any atom is 0.317 e. The number of fused-ring (bicyclic) bond motifs is 1. The predicted octanol–water partition coefficient (Wildman–Crippen LogP) is 1.23. The average molecular weight is 367 g/mol. The Bertz CT molecular complexity index is 729. The van der Waals surface area contributed by atoms with E-state index in [4.69, 9.17) is 4.74 Å².